The average molecular weight is 279 g/mol. The topological polar surface area (TPSA) is 70.4 Å². The molecule has 1 heterocycles. The van der Waals surface area contributed by atoms with Crippen LogP contribution in [0.1, 0.15) is 5.69 Å². The van der Waals surface area contributed by atoms with Crippen LogP contribution in [0.5, 0.6) is 0 Å². The summed E-state index contributed by atoms with van der Waals surface area (Å²) in [5, 5.41) is 3.66. The molecule has 0 aliphatic rings. The number of benzene rings is 1. The summed E-state index contributed by atoms with van der Waals surface area (Å²) in [7, 11) is 0. The van der Waals surface area contributed by atoms with Crippen molar-refractivity contribution in [1.29, 1.82) is 0 Å². The zero-order valence-corrected chi connectivity index (χ0v) is 10.7. The van der Waals surface area contributed by atoms with Gasteiger partial charge in [0.2, 0.25) is 0 Å². The minimum Gasteiger partial charge on any atom is -0.412 e. The fourth-order valence-corrected chi connectivity index (χ4v) is 2.17. The Morgan fingerprint density at radius 2 is 2.12 bits per heavy atom. The van der Waals surface area contributed by atoms with Gasteiger partial charge in [0, 0.05) is 22.5 Å². The molecule has 0 aliphatic heterocycles. The maximum atomic E-state index is 5.89. The van der Waals surface area contributed by atoms with Crippen molar-refractivity contribution < 1.29 is 5.48 Å². The van der Waals surface area contributed by atoms with Crippen LogP contribution in [0.2, 0.25) is 5.02 Å². The molecule has 0 spiro atoms. The predicted octanol–water partition coefficient (Wildman–Crippen LogP) is 2.52. The molecule has 1 aromatic carbocycles. The van der Waals surface area contributed by atoms with E-state index in [-0.39, 0.29) is 17.9 Å². The Balaban J connectivity index is 0.00000112. The molecule has 2 rings (SSSR count). The van der Waals surface area contributed by atoms with E-state index in [1.54, 1.807) is 11.3 Å². The van der Waals surface area contributed by atoms with Crippen molar-refractivity contribution in [2.24, 2.45) is 5.73 Å². The summed E-state index contributed by atoms with van der Waals surface area (Å²) >= 11 is 7.47. The molecule has 0 atom stereocenters. The van der Waals surface area contributed by atoms with Crippen molar-refractivity contribution in [2.75, 3.05) is 0 Å². The van der Waals surface area contributed by atoms with Crippen molar-refractivity contribution in [3.63, 3.8) is 0 Å². The molecule has 16 heavy (non-hydrogen) atoms. The molecule has 0 bridgehead atoms. The van der Waals surface area contributed by atoms with Gasteiger partial charge in [-0.25, -0.2) is 4.98 Å². The lowest BCUT2D eigenvalue weighted by Gasteiger charge is -1.95. The Bertz CT molecular complexity index is 448. The molecule has 0 saturated heterocycles. The maximum absolute atomic E-state index is 5.89. The molecule has 4 N–H and O–H groups in total. The van der Waals surface area contributed by atoms with Crippen LogP contribution in [0.3, 0.4) is 0 Å². The van der Waals surface area contributed by atoms with Gasteiger partial charge in [0.1, 0.15) is 5.01 Å². The molecule has 2 aromatic rings. The van der Waals surface area contributed by atoms with Crippen LogP contribution in [0.25, 0.3) is 10.6 Å². The first-order chi connectivity index (χ1) is 6.79. The number of nitrogens with two attached hydrogens (primary N) is 1. The lowest BCUT2D eigenvalue weighted by Crippen LogP contribution is -1.95. The largest absolute Gasteiger partial charge is 0.412 e. The first kappa shape index (κ1) is 15.3. The van der Waals surface area contributed by atoms with E-state index in [9.17, 15) is 0 Å². The van der Waals surface area contributed by atoms with Gasteiger partial charge in [-0.1, -0.05) is 23.7 Å². The van der Waals surface area contributed by atoms with Crippen molar-refractivity contribution in [3.8, 4) is 10.6 Å². The summed E-state index contributed by atoms with van der Waals surface area (Å²) in [6.07, 6.45) is 0. The van der Waals surface area contributed by atoms with Gasteiger partial charge < -0.3 is 11.2 Å². The average Bonchev–Trinajstić information content (AvgIpc) is 2.66. The third-order valence-electron chi connectivity index (χ3n) is 1.83. The first-order valence-electron chi connectivity index (χ1n) is 4.20. The van der Waals surface area contributed by atoms with E-state index in [0.29, 0.717) is 6.54 Å². The van der Waals surface area contributed by atoms with E-state index < -0.39 is 0 Å². The quantitative estimate of drug-likeness (QED) is 0.917. The van der Waals surface area contributed by atoms with Gasteiger partial charge in [-0.3, -0.25) is 0 Å². The Hall–Kier alpha value is -0.650. The van der Waals surface area contributed by atoms with E-state index in [2.05, 4.69) is 4.98 Å². The molecule has 1 aromatic heterocycles. The summed E-state index contributed by atoms with van der Waals surface area (Å²) in [5.74, 6) is 0. The van der Waals surface area contributed by atoms with Gasteiger partial charge in [0.15, 0.2) is 0 Å². The zero-order valence-electron chi connectivity index (χ0n) is 8.31. The van der Waals surface area contributed by atoms with E-state index in [0.717, 1.165) is 21.3 Å². The lowest BCUT2D eigenvalue weighted by molar-refractivity contribution is 0.824. The van der Waals surface area contributed by atoms with Crippen LogP contribution in [0.15, 0.2) is 29.6 Å². The van der Waals surface area contributed by atoms with Crippen LogP contribution in [0.4, 0.5) is 0 Å². The Labute approximate surface area is 109 Å². The third-order valence-corrected chi connectivity index (χ3v) is 3.01. The molecule has 0 unspecified atom stereocenters. The fourth-order valence-electron chi connectivity index (χ4n) is 1.15. The van der Waals surface area contributed by atoms with Crippen LogP contribution >= 0.6 is 35.3 Å². The predicted molar refractivity (Wildman–Crippen MR) is 71.3 cm³/mol. The number of halogens is 2. The van der Waals surface area contributed by atoms with Crippen LogP contribution in [-0.4, -0.2) is 10.5 Å². The van der Waals surface area contributed by atoms with E-state index in [1.165, 1.54) is 0 Å². The minimum absolute atomic E-state index is 0. The molecule has 88 valence electrons. The van der Waals surface area contributed by atoms with E-state index in [4.69, 9.17) is 17.3 Å². The standard InChI is InChI=1S/C10H9ClN2S.ClH.H2O/c11-8-3-1-2-7(4-8)10-13-9(5-12)6-14-10;;/h1-4,6H,5,12H2;1H;1H2. The fraction of sp³-hybridized carbons (Fsp3) is 0.100. The summed E-state index contributed by atoms with van der Waals surface area (Å²) in [6, 6.07) is 7.66. The van der Waals surface area contributed by atoms with Crippen molar-refractivity contribution in [1.82, 2.24) is 4.98 Å². The highest BCUT2D eigenvalue weighted by Gasteiger charge is 2.03. The number of aromatic nitrogens is 1. The smallest absolute Gasteiger partial charge is 0.123 e. The molecule has 0 fully saturated rings. The third kappa shape index (κ3) is 3.43. The molecular weight excluding hydrogens is 267 g/mol. The second-order valence-corrected chi connectivity index (χ2v) is 4.15. The van der Waals surface area contributed by atoms with Crippen molar-refractivity contribution in [2.45, 2.75) is 6.54 Å². The van der Waals surface area contributed by atoms with Gasteiger partial charge in [-0.15, -0.1) is 23.7 Å². The van der Waals surface area contributed by atoms with Crippen molar-refractivity contribution in [3.05, 3.63) is 40.4 Å². The molecule has 6 heteroatoms. The highest BCUT2D eigenvalue weighted by atomic mass is 35.5. The zero-order chi connectivity index (χ0) is 9.97. The highest BCUT2D eigenvalue weighted by Crippen LogP contribution is 2.25. The van der Waals surface area contributed by atoms with Crippen LogP contribution in [0, 0.1) is 0 Å². The number of nitrogens with zero attached hydrogens (tertiary/aromatic N) is 1. The van der Waals surface area contributed by atoms with Gasteiger partial charge in [0.05, 0.1) is 5.69 Å². The van der Waals surface area contributed by atoms with Crippen molar-refractivity contribution >= 4 is 35.3 Å². The molecular formula is C10H12Cl2N2OS. The normalized spacial score (nSPS) is 9.12. The minimum atomic E-state index is 0. The SMILES string of the molecule is Cl.NCc1csc(-c2cccc(Cl)c2)n1.O. The second kappa shape index (κ2) is 6.83. The number of hydrogen-bond acceptors (Lipinski definition) is 3. The number of thiazole rings is 1. The van der Waals surface area contributed by atoms with Gasteiger partial charge >= 0.3 is 0 Å². The van der Waals surface area contributed by atoms with E-state index in [1.807, 2.05) is 29.6 Å². The molecule has 0 aliphatic carbocycles. The Kier molecular flexibility index (Phi) is 6.55. The van der Waals surface area contributed by atoms with Crippen LogP contribution in [-0.2, 0) is 6.54 Å². The molecule has 0 amide bonds. The Morgan fingerprint density at radius 1 is 1.38 bits per heavy atom. The summed E-state index contributed by atoms with van der Waals surface area (Å²) in [4.78, 5) is 4.37. The summed E-state index contributed by atoms with van der Waals surface area (Å²) < 4.78 is 0. The van der Waals surface area contributed by atoms with E-state index >= 15 is 0 Å². The molecule has 0 radical (unpaired) electrons. The van der Waals surface area contributed by atoms with Gasteiger partial charge in [-0.2, -0.15) is 0 Å². The van der Waals surface area contributed by atoms with Gasteiger partial charge in [-0.05, 0) is 12.1 Å². The number of hydrogen-bond donors (Lipinski definition) is 1. The highest BCUT2D eigenvalue weighted by molar-refractivity contribution is 7.13. The molecule has 3 nitrogen and oxygen atoms in total. The van der Waals surface area contributed by atoms with Gasteiger partial charge in [0.25, 0.3) is 0 Å². The Morgan fingerprint density at radius 3 is 2.69 bits per heavy atom. The monoisotopic (exact) mass is 278 g/mol. The summed E-state index contributed by atoms with van der Waals surface area (Å²) in [6.45, 7) is 0.483. The number of rotatable bonds is 2. The maximum Gasteiger partial charge on any atom is 0.123 e. The first-order valence-corrected chi connectivity index (χ1v) is 5.46. The van der Waals surface area contributed by atoms with Crippen LogP contribution < -0.4 is 5.73 Å². The molecule has 0 saturated carbocycles. The lowest BCUT2D eigenvalue weighted by atomic mass is 10.2. The second-order valence-electron chi connectivity index (χ2n) is 2.86. The summed E-state index contributed by atoms with van der Waals surface area (Å²) in [5.41, 5.74) is 7.45.